The average molecular weight is 374 g/mol. The van der Waals surface area contributed by atoms with Gasteiger partial charge in [-0.1, -0.05) is 6.07 Å². The topological polar surface area (TPSA) is 152 Å². The van der Waals surface area contributed by atoms with Crippen molar-refractivity contribution in [3.63, 3.8) is 0 Å². The normalized spacial score (nSPS) is 11.2. The van der Waals surface area contributed by atoms with Crippen molar-refractivity contribution in [1.82, 2.24) is 9.97 Å². The third-order valence-electron chi connectivity index (χ3n) is 3.44. The smallest absolute Gasteiger partial charge is 0.337 e. The van der Waals surface area contributed by atoms with Crippen LogP contribution in [0.3, 0.4) is 0 Å². The molecule has 11 heteroatoms. The summed E-state index contributed by atoms with van der Waals surface area (Å²) in [5.74, 6) is -1.43. The Hall–Kier alpha value is -3.60. The number of para-hydroxylation sites is 1. The van der Waals surface area contributed by atoms with E-state index < -0.39 is 37.9 Å². The van der Waals surface area contributed by atoms with Gasteiger partial charge in [0.2, 0.25) is 0 Å². The number of nitrogens with zero attached hydrogens (tertiary/aromatic N) is 3. The third kappa shape index (κ3) is 3.15. The number of rotatable bonds is 5. The van der Waals surface area contributed by atoms with E-state index in [1.807, 2.05) is 0 Å². The van der Waals surface area contributed by atoms with Crippen LogP contribution in [0.25, 0.3) is 11.0 Å². The number of carbonyl (C=O) groups is 1. The maximum atomic E-state index is 12.7. The summed E-state index contributed by atoms with van der Waals surface area (Å²) in [5, 5.41) is 20.1. The standard InChI is InChI=1S/C15H10N4O6S/c20-15(21)10-5-4-9(19(22)23)8-12(10)18-26(24,25)13-3-1-2-11-14(13)17-7-6-16-11/h1-8,18H,(H,20,21). The molecule has 0 aliphatic rings. The number of non-ortho nitro benzene ring substituents is 1. The van der Waals surface area contributed by atoms with E-state index in [4.69, 9.17) is 0 Å². The Kier molecular flexibility index (Phi) is 4.22. The molecule has 10 nitrogen and oxygen atoms in total. The minimum absolute atomic E-state index is 0.0878. The summed E-state index contributed by atoms with van der Waals surface area (Å²) in [6.07, 6.45) is 2.71. The van der Waals surface area contributed by atoms with Gasteiger partial charge < -0.3 is 5.11 Å². The van der Waals surface area contributed by atoms with Crippen LogP contribution < -0.4 is 4.72 Å². The van der Waals surface area contributed by atoms with Gasteiger partial charge in [0.1, 0.15) is 10.4 Å². The van der Waals surface area contributed by atoms with Crippen molar-refractivity contribution in [2.75, 3.05) is 4.72 Å². The lowest BCUT2D eigenvalue weighted by atomic mass is 10.1. The number of hydrogen-bond donors (Lipinski definition) is 2. The summed E-state index contributed by atoms with van der Waals surface area (Å²) in [6.45, 7) is 0. The van der Waals surface area contributed by atoms with Crippen LogP contribution in [0.5, 0.6) is 0 Å². The molecule has 0 saturated heterocycles. The molecule has 0 unspecified atom stereocenters. The van der Waals surface area contributed by atoms with E-state index in [-0.39, 0.29) is 10.4 Å². The van der Waals surface area contributed by atoms with Gasteiger partial charge in [0.05, 0.1) is 21.7 Å². The van der Waals surface area contributed by atoms with Gasteiger partial charge >= 0.3 is 5.97 Å². The SMILES string of the molecule is O=C(O)c1ccc([N+](=O)[O-])cc1NS(=O)(=O)c1cccc2nccnc12. The average Bonchev–Trinajstić information content (AvgIpc) is 2.60. The Balaban J connectivity index is 2.14. The van der Waals surface area contributed by atoms with Crippen molar-refractivity contribution in [3.8, 4) is 0 Å². The number of nitrogens with one attached hydrogen (secondary N) is 1. The molecule has 0 bridgehead atoms. The molecule has 2 aromatic carbocycles. The molecule has 0 aliphatic heterocycles. The molecule has 1 heterocycles. The number of aromatic carboxylic acids is 1. The minimum atomic E-state index is -4.28. The number of anilines is 1. The highest BCUT2D eigenvalue weighted by Crippen LogP contribution is 2.27. The maximum absolute atomic E-state index is 12.7. The quantitative estimate of drug-likeness (QED) is 0.508. The van der Waals surface area contributed by atoms with Crippen LogP contribution in [0.4, 0.5) is 11.4 Å². The summed E-state index contributed by atoms with van der Waals surface area (Å²) in [4.78, 5) is 29.2. The fourth-order valence-corrected chi connectivity index (χ4v) is 3.54. The van der Waals surface area contributed by atoms with Gasteiger partial charge in [0, 0.05) is 24.5 Å². The first-order valence-corrected chi connectivity index (χ1v) is 8.52. The summed E-state index contributed by atoms with van der Waals surface area (Å²) < 4.78 is 27.6. The largest absolute Gasteiger partial charge is 0.478 e. The molecule has 3 rings (SSSR count). The van der Waals surface area contributed by atoms with Gasteiger partial charge in [-0.3, -0.25) is 24.8 Å². The fourth-order valence-electron chi connectivity index (χ4n) is 2.30. The molecule has 0 aliphatic carbocycles. The molecule has 0 spiro atoms. The lowest BCUT2D eigenvalue weighted by Gasteiger charge is -2.11. The van der Waals surface area contributed by atoms with Gasteiger partial charge in [-0.15, -0.1) is 0 Å². The number of sulfonamides is 1. The molecule has 0 amide bonds. The fraction of sp³-hybridized carbons (Fsp3) is 0. The Morgan fingerprint density at radius 1 is 1.15 bits per heavy atom. The van der Waals surface area contributed by atoms with E-state index in [1.165, 1.54) is 24.5 Å². The zero-order chi connectivity index (χ0) is 18.9. The Bertz CT molecular complexity index is 1140. The second kappa shape index (κ2) is 6.37. The van der Waals surface area contributed by atoms with Crippen molar-refractivity contribution >= 4 is 38.4 Å². The first kappa shape index (κ1) is 17.2. The monoisotopic (exact) mass is 374 g/mol. The third-order valence-corrected chi connectivity index (χ3v) is 4.84. The minimum Gasteiger partial charge on any atom is -0.478 e. The van der Waals surface area contributed by atoms with Gasteiger partial charge in [-0.25, -0.2) is 13.2 Å². The van der Waals surface area contributed by atoms with Crippen molar-refractivity contribution in [1.29, 1.82) is 0 Å². The van der Waals surface area contributed by atoms with Crippen LogP contribution >= 0.6 is 0 Å². The van der Waals surface area contributed by atoms with E-state index in [1.54, 1.807) is 6.07 Å². The zero-order valence-corrected chi connectivity index (χ0v) is 13.7. The van der Waals surface area contributed by atoms with Crippen LogP contribution in [0, 0.1) is 10.1 Å². The molecule has 2 N–H and O–H groups in total. The molecule has 3 aromatic rings. The molecule has 1 aromatic heterocycles. The first-order valence-electron chi connectivity index (χ1n) is 7.04. The number of fused-ring (bicyclic) bond motifs is 1. The number of aromatic nitrogens is 2. The summed E-state index contributed by atoms with van der Waals surface area (Å²) in [6, 6.07) is 7.08. The second-order valence-corrected chi connectivity index (χ2v) is 6.73. The summed E-state index contributed by atoms with van der Waals surface area (Å²) >= 11 is 0. The predicted molar refractivity (Wildman–Crippen MR) is 90.4 cm³/mol. The molecule has 0 atom stereocenters. The molecule has 0 fully saturated rings. The van der Waals surface area contributed by atoms with E-state index in [2.05, 4.69) is 14.7 Å². The van der Waals surface area contributed by atoms with Crippen LogP contribution in [-0.2, 0) is 10.0 Å². The molecule has 0 radical (unpaired) electrons. The zero-order valence-electron chi connectivity index (χ0n) is 12.9. The molecular weight excluding hydrogens is 364 g/mol. The van der Waals surface area contributed by atoms with Crippen molar-refractivity contribution in [2.45, 2.75) is 4.90 Å². The Morgan fingerprint density at radius 2 is 1.88 bits per heavy atom. The van der Waals surface area contributed by atoms with Gasteiger partial charge in [0.25, 0.3) is 15.7 Å². The number of carboxylic acid groups (broad SMARTS) is 1. The number of nitro benzene ring substituents is 1. The Labute approximate surface area is 146 Å². The van der Waals surface area contributed by atoms with Crippen LogP contribution in [0.1, 0.15) is 10.4 Å². The van der Waals surface area contributed by atoms with Crippen molar-refractivity contribution in [2.24, 2.45) is 0 Å². The number of benzene rings is 2. The molecule has 26 heavy (non-hydrogen) atoms. The van der Waals surface area contributed by atoms with Crippen LogP contribution in [0.15, 0.2) is 53.7 Å². The van der Waals surface area contributed by atoms with Gasteiger partial charge in [-0.05, 0) is 18.2 Å². The van der Waals surface area contributed by atoms with Crippen molar-refractivity contribution < 1.29 is 23.2 Å². The lowest BCUT2D eigenvalue weighted by Crippen LogP contribution is -2.16. The van der Waals surface area contributed by atoms with Crippen LogP contribution in [-0.4, -0.2) is 34.4 Å². The number of nitro groups is 1. The highest BCUT2D eigenvalue weighted by atomic mass is 32.2. The first-order chi connectivity index (χ1) is 12.3. The van der Waals surface area contributed by atoms with Crippen LogP contribution in [0.2, 0.25) is 0 Å². The van der Waals surface area contributed by atoms with Gasteiger partial charge in [0.15, 0.2) is 0 Å². The number of carboxylic acids is 1. The Morgan fingerprint density at radius 3 is 2.58 bits per heavy atom. The molecule has 132 valence electrons. The molecule has 0 saturated carbocycles. The highest BCUT2D eigenvalue weighted by Gasteiger charge is 2.23. The summed E-state index contributed by atoms with van der Waals surface area (Å²) in [5.41, 5.74) is -0.888. The second-order valence-electron chi connectivity index (χ2n) is 5.08. The van der Waals surface area contributed by atoms with E-state index in [0.717, 1.165) is 18.2 Å². The highest BCUT2D eigenvalue weighted by molar-refractivity contribution is 7.93. The molecular formula is C15H10N4O6S. The maximum Gasteiger partial charge on any atom is 0.337 e. The number of hydrogen-bond acceptors (Lipinski definition) is 7. The van der Waals surface area contributed by atoms with Crippen molar-refractivity contribution in [3.05, 3.63) is 64.5 Å². The van der Waals surface area contributed by atoms with Gasteiger partial charge in [-0.2, -0.15) is 0 Å². The van der Waals surface area contributed by atoms with E-state index >= 15 is 0 Å². The summed E-state index contributed by atoms with van der Waals surface area (Å²) in [7, 11) is -4.28. The lowest BCUT2D eigenvalue weighted by molar-refractivity contribution is -0.384. The van der Waals surface area contributed by atoms with E-state index in [0.29, 0.717) is 5.52 Å². The predicted octanol–water partition coefficient (Wildman–Crippen LogP) is 2.04. The van der Waals surface area contributed by atoms with E-state index in [9.17, 15) is 28.4 Å².